The van der Waals surface area contributed by atoms with Crippen molar-refractivity contribution in [3.63, 3.8) is 0 Å². The lowest BCUT2D eigenvalue weighted by molar-refractivity contribution is -0.143. The van der Waals surface area contributed by atoms with E-state index in [4.69, 9.17) is 0 Å². The Hall–Kier alpha value is -1.61. The predicted molar refractivity (Wildman–Crippen MR) is 57.5 cm³/mol. The van der Waals surface area contributed by atoms with Crippen LogP contribution in [0.4, 0.5) is 0 Å². The Morgan fingerprint density at radius 3 is 2.33 bits per heavy atom. The fraction of sp³-hybridized carbons (Fsp3) is 0.250. The lowest BCUT2D eigenvalue weighted by Crippen LogP contribution is -2.32. The molecule has 0 radical (unpaired) electrons. The lowest BCUT2D eigenvalue weighted by atomic mass is 10.1. The van der Waals surface area contributed by atoms with Gasteiger partial charge in [-0.1, -0.05) is 42.5 Å². The molecule has 78 valence electrons. The summed E-state index contributed by atoms with van der Waals surface area (Å²) in [5, 5.41) is 9.22. The van der Waals surface area contributed by atoms with Crippen molar-refractivity contribution in [3.8, 4) is 0 Å². The first-order valence-electron chi connectivity index (χ1n) is 4.96. The summed E-state index contributed by atoms with van der Waals surface area (Å²) in [5.74, 6) is -0.787. The van der Waals surface area contributed by atoms with Crippen LogP contribution in [0, 0.1) is 0 Å². The van der Waals surface area contributed by atoms with E-state index < -0.39 is 12.0 Å². The Labute approximate surface area is 88.6 Å². The highest BCUT2D eigenvalue weighted by Gasteiger charge is 2.27. The van der Waals surface area contributed by atoms with Gasteiger partial charge in [0.05, 0.1) is 0 Å². The van der Waals surface area contributed by atoms with E-state index in [1.54, 1.807) is 0 Å². The zero-order valence-corrected chi connectivity index (χ0v) is 8.34. The Kier molecular flexibility index (Phi) is 2.83. The third-order valence-electron chi connectivity index (χ3n) is 2.56. The summed E-state index contributed by atoms with van der Waals surface area (Å²) in [7, 11) is 0. The van der Waals surface area contributed by atoms with Crippen molar-refractivity contribution in [1.29, 1.82) is 0 Å². The van der Waals surface area contributed by atoms with Gasteiger partial charge in [-0.15, -0.1) is 0 Å². The average Bonchev–Trinajstić information content (AvgIpc) is 2.72. The lowest BCUT2D eigenvalue weighted by Gasteiger charge is -2.23. The third kappa shape index (κ3) is 2.07. The number of hydrogen-bond acceptors (Lipinski definition) is 2. The fourth-order valence-corrected chi connectivity index (χ4v) is 1.85. The molecule has 3 nitrogen and oxygen atoms in total. The molecule has 0 saturated carbocycles. The van der Waals surface area contributed by atoms with E-state index in [1.807, 2.05) is 47.4 Å². The molecule has 0 aromatic heterocycles. The number of hydrogen-bond donors (Lipinski definition) is 1. The molecule has 0 bridgehead atoms. The maximum atomic E-state index is 11.2. The molecule has 2 rings (SSSR count). The SMILES string of the molecule is O=C(O)C(c1ccccc1)N1CC=CC1. The van der Waals surface area contributed by atoms with Gasteiger partial charge in [0.25, 0.3) is 0 Å². The van der Waals surface area contributed by atoms with Gasteiger partial charge in [-0.25, -0.2) is 0 Å². The molecule has 1 heterocycles. The predicted octanol–water partition coefficient (Wildman–Crippen LogP) is 1.68. The van der Waals surface area contributed by atoms with Crippen LogP contribution in [-0.2, 0) is 4.79 Å². The van der Waals surface area contributed by atoms with Crippen LogP contribution in [0.3, 0.4) is 0 Å². The van der Waals surface area contributed by atoms with Gasteiger partial charge >= 0.3 is 5.97 Å². The molecule has 1 aromatic carbocycles. The second kappa shape index (κ2) is 4.28. The molecule has 1 atom stereocenters. The number of carboxylic acids is 1. The molecule has 1 unspecified atom stereocenters. The molecule has 0 amide bonds. The summed E-state index contributed by atoms with van der Waals surface area (Å²) in [6.45, 7) is 1.43. The Balaban J connectivity index is 2.24. The first kappa shape index (κ1) is 9.93. The van der Waals surface area contributed by atoms with E-state index in [2.05, 4.69) is 0 Å². The highest BCUT2D eigenvalue weighted by atomic mass is 16.4. The maximum Gasteiger partial charge on any atom is 0.325 e. The highest BCUT2D eigenvalue weighted by molar-refractivity contribution is 5.75. The Morgan fingerprint density at radius 1 is 1.20 bits per heavy atom. The molecular weight excluding hydrogens is 190 g/mol. The summed E-state index contributed by atoms with van der Waals surface area (Å²) < 4.78 is 0. The molecule has 1 aliphatic rings. The van der Waals surface area contributed by atoms with Gasteiger partial charge in [-0.2, -0.15) is 0 Å². The molecule has 0 spiro atoms. The minimum absolute atomic E-state index is 0.527. The second-order valence-corrected chi connectivity index (χ2v) is 3.58. The molecule has 15 heavy (non-hydrogen) atoms. The van der Waals surface area contributed by atoms with Crippen LogP contribution in [-0.4, -0.2) is 29.1 Å². The molecule has 1 aromatic rings. The molecule has 0 saturated heterocycles. The summed E-state index contributed by atoms with van der Waals surface area (Å²) in [6.07, 6.45) is 4.00. The van der Waals surface area contributed by atoms with E-state index >= 15 is 0 Å². The van der Waals surface area contributed by atoms with Crippen molar-refractivity contribution in [2.24, 2.45) is 0 Å². The quantitative estimate of drug-likeness (QED) is 0.760. The van der Waals surface area contributed by atoms with E-state index in [9.17, 15) is 9.90 Å². The van der Waals surface area contributed by atoms with Gasteiger partial charge in [0, 0.05) is 13.1 Å². The maximum absolute atomic E-state index is 11.2. The van der Waals surface area contributed by atoms with E-state index in [-0.39, 0.29) is 0 Å². The Morgan fingerprint density at radius 2 is 1.80 bits per heavy atom. The highest BCUT2D eigenvalue weighted by Crippen LogP contribution is 2.22. The van der Waals surface area contributed by atoms with Gasteiger partial charge in [-0.05, 0) is 5.56 Å². The first-order chi connectivity index (χ1) is 7.29. The molecule has 3 heteroatoms. The van der Waals surface area contributed by atoms with Crippen molar-refractivity contribution in [3.05, 3.63) is 48.0 Å². The summed E-state index contributed by atoms with van der Waals surface area (Å²) in [4.78, 5) is 13.1. The number of carboxylic acid groups (broad SMARTS) is 1. The summed E-state index contributed by atoms with van der Waals surface area (Å²) in [6, 6.07) is 8.82. The number of rotatable bonds is 3. The van der Waals surface area contributed by atoms with Crippen LogP contribution in [0.1, 0.15) is 11.6 Å². The normalized spacial score (nSPS) is 17.9. The molecule has 0 aliphatic carbocycles. The number of nitrogens with zero attached hydrogens (tertiary/aromatic N) is 1. The first-order valence-corrected chi connectivity index (χ1v) is 4.96. The minimum Gasteiger partial charge on any atom is -0.480 e. The van der Waals surface area contributed by atoms with Crippen molar-refractivity contribution < 1.29 is 9.90 Å². The van der Waals surface area contributed by atoms with Crippen LogP contribution in [0.15, 0.2) is 42.5 Å². The van der Waals surface area contributed by atoms with Gasteiger partial charge in [0.15, 0.2) is 0 Å². The molecular formula is C12H13NO2. The van der Waals surface area contributed by atoms with Crippen LogP contribution >= 0.6 is 0 Å². The van der Waals surface area contributed by atoms with Gasteiger partial charge in [-0.3, -0.25) is 9.69 Å². The monoisotopic (exact) mass is 203 g/mol. The second-order valence-electron chi connectivity index (χ2n) is 3.58. The smallest absolute Gasteiger partial charge is 0.325 e. The van der Waals surface area contributed by atoms with E-state index in [0.29, 0.717) is 13.1 Å². The Bertz CT molecular complexity index is 364. The van der Waals surface area contributed by atoms with Crippen molar-refractivity contribution >= 4 is 5.97 Å². The average molecular weight is 203 g/mol. The minimum atomic E-state index is -0.787. The largest absolute Gasteiger partial charge is 0.480 e. The molecule has 1 aliphatic heterocycles. The number of aliphatic carboxylic acids is 1. The number of benzene rings is 1. The number of carbonyl (C=O) groups is 1. The third-order valence-corrected chi connectivity index (χ3v) is 2.56. The fourth-order valence-electron chi connectivity index (χ4n) is 1.85. The van der Waals surface area contributed by atoms with Crippen LogP contribution < -0.4 is 0 Å². The summed E-state index contributed by atoms with van der Waals surface area (Å²) in [5.41, 5.74) is 0.841. The van der Waals surface area contributed by atoms with Gasteiger partial charge < -0.3 is 5.11 Å². The van der Waals surface area contributed by atoms with E-state index in [0.717, 1.165) is 5.56 Å². The van der Waals surface area contributed by atoms with Gasteiger partial charge in [0.1, 0.15) is 6.04 Å². The molecule has 1 N–H and O–H groups in total. The molecule has 0 fully saturated rings. The van der Waals surface area contributed by atoms with Gasteiger partial charge in [0.2, 0.25) is 0 Å². The van der Waals surface area contributed by atoms with Crippen LogP contribution in [0.25, 0.3) is 0 Å². The van der Waals surface area contributed by atoms with Crippen molar-refractivity contribution in [1.82, 2.24) is 4.90 Å². The van der Waals surface area contributed by atoms with Crippen LogP contribution in [0.2, 0.25) is 0 Å². The zero-order chi connectivity index (χ0) is 10.7. The summed E-state index contributed by atoms with van der Waals surface area (Å²) >= 11 is 0. The standard InChI is InChI=1S/C12H13NO2/c14-12(15)11(13-8-4-5-9-13)10-6-2-1-3-7-10/h1-7,11H,8-9H2,(H,14,15). The topological polar surface area (TPSA) is 40.5 Å². The van der Waals surface area contributed by atoms with Crippen LogP contribution in [0.5, 0.6) is 0 Å². The van der Waals surface area contributed by atoms with Crippen molar-refractivity contribution in [2.75, 3.05) is 13.1 Å². The zero-order valence-electron chi connectivity index (χ0n) is 8.34. The van der Waals surface area contributed by atoms with Crippen molar-refractivity contribution in [2.45, 2.75) is 6.04 Å². The van der Waals surface area contributed by atoms with E-state index in [1.165, 1.54) is 0 Å².